The Kier molecular flexibility index (Phi) is 2.67. The molecule has 80 valence electrons. The van der Waals surface area contributed by atoms with E-state index in [0.717, 1.165) is 6.07 Å². The number of nitrogens with one attached hydrogen (secondary N) is 1. The molecule has 1 atom stereocenters. The second-order valence-corrected chi connectivity index (χ2v) is 4.00. The summed E-state index contributed by atoms with van der Waals surface area (Å²) in [4.78, 5) is 0.402. The van der Waals surface area contributed by atoms with Gasteiger partial charge >= 0.3 is 0 Å². The van der Waals surface area contributed by atoms with Crippen LogP contribution in [0.3, 0.4) is 0 Å². The van der Waals surface area contributed by atoms with E-state index in [2.05, 4.69) is 5.32 Å². The minimum Gasteiger partial charge on any atom is -0.346 e. The smallest absolute Gasteiger partial charge is 0.149 e. The van der Waals surface area contributed by atoms with Gasteiger partial charge in [0.1, 0.15) is 11.6 Å². The first-order valence-corrected chi connectivity index (χ1v) is 5.03. The van der Waals surface area contributed by atoms with Gasteiger partial charge in [-0.25, -0.2) is 8.78 Å². The maximum absolute atomic E-state index is 13.4. The van der Waals surface area contributed by atoms with Crippen LogP contribution in [0.15, 0.2) is 12.1 Å². The summed E-state index contributed by atoms with van der Waals surface area (Å²) in [5.74, 6) is -1.20. The van der Waals surface area contributed by atoms with E-state index in [-0.39, 0.29) is 11.7 Å². The number of benzene rings is 1. The molecule has 2 nitrogen and oxygen atoms in total. The highest BCUT2D eigenvalue weighted by atomic mass is 32.1. The molecule has 3 N–H and O–H groups in total. The van der Waals surface area contributed by atoms with Crippen LogP contribution < -0.4 is 11.1 Å². The van der Waals surface area contributed by atoms with Gasteiger partial charge in [-0.15, -0.1) is 0 Å². The average Bonchev–Trinajstić information content (AvgIpc) is 2.30. The summed E-state index contributed by atoms with van der Waals surface area (Å²) in [5.41, 5.74) is 6.57. The number of halogens is 2. The monoisotopic (exact) mass is 228 g/mol. The molecule has 0 saturated heterocycles. The SMILES string of the molecule is N[C@H]1CCc2cc(F)cc(F)c2NC1=S. The van der Waals surface area contributed by atoms with Crippen molar-refractivity contribution in [3.63, 3.8) is 0 Å². The van der Waals surface area contributed by atoms with Crippen LogP contribution in [0, 0.1) is 11.6 Å². The number of aryl methyl sites for hydroxylation is 1. The summed E-state index contributed by atoms with van der Waals surface area (Å²) < 4.78 is 26.4. The van der Waals surface area contributed by atoms with Crippen molar-refractivity contribution in [3.8, 4) is 0 Å². The third-order valence-corrected chi connectivity index (χ3v) is 2.85. The third-order valence-electron chi connectivity index (χ3n) is 2.45. The van der Waals surface area contributed by atoms with Gasteiger partial charge in [0, 0.05) is 6.07 Å². The highest BCUT2D eigenvalue weighted by Crippen LogP contribution is 2.26. The first-order valence-electron chi connectivity index (χ1n) is 4.62. The maximum Gasteiger partial charge on any atom is 0.149 e. The second kappa shape index (κ2) is 3.83. The number of hydrogen-bond acceptors (Lipinski definition) is 2. The van der Waals surface area contributed by atoms with Gasteiger partial charge < -0.3 is 11.1 Å². The average molecular weight is 228 g/mol. The molecule has 0 saturated carbocycles. The largest absolute Gasteiger partial charge is 0.346 e. The normalized spacial score (nSPS) is 20.5. The molecule has 2 rings (SSSR count). The lowest BCUT2D eigenvalue weighted by Gasteiger charge is -2.10. The maximum atomic E-state index is 13.4. The standard InChI is InChI=1S/C10H10F2N2S/c11-6-3-5-1-2-8(13)10(15)14-9(5)7(12)4-6/h3-4,8H,1-2,13H2,(H,14,15)/t8-/m0/s1. The minimum atomic E-state index is -0.624. The Balaban J connectivity index is 2.47. The van der Waals surface area contributed by atoms with Crippen molar-refractivity contribution in [1.29, 1.82) is 0 Å². The zero-order valence-corrected chi connectivity index (χ0v) is 8.70. The van der Waals surface area contributed by atoms with Crippen LogP contribution in [-0.4, -0.2) is 11.0 Å². The van der Waals surface area contributed by atoms with Gasteiger partial charge in [-0.3, -0.25) is 0 Å². The van der Waals surface area contributed by atoms with Crippen molar-refractivity contribution in [2.75, 3.05) is 5.32 Å². The van der Waals surface area contributed by atoms with Crippen LogP contribution in [0.25, 0.3) is 0 Å². The predicted octanol–water partition coefficient (Wildman–Crippen LogP) is 1.98. The third kappa shape index (κ3) is 1.98. The predicted molar refractivity (Wildman–Crippen MR) is 58.9 cm³/mol. The Hall–Kier alpha value is -1.07. The van der Waals surface area contributed by atoms with E-state index in [4.69, 9.17) is 18.0 Å². The van der Waals surface area contributed by atoms with E-state index in [0.29, 0.717) is 23.4 Å². The van der Waals surface area contributed by atoms with E-state index in [1.54, 1.807) is 0 Å². The summed E-state index contributed by atoms with van der Waals surface area (Å²) >= 11 is 4.99. The summed E-state index contributed by atoms with van der Waals surface area (Å²) in [6.45, 7) is 0. The van der Waals surface area contributed by atoms with Crippen molar-refractivity contribution in [3.05, 3.63) is 29.3 Å². The van der Waals surface area contributed by atoms with Crippen LogP contribution in [-0.2, 0) is 6.42 Å². The van der Waals surface area contributed by atoms with Crippen LogP contribution in [0.4, 0.5) is 14.5 Å². The van der Waals surface area contributed by atoms with Crippen LogP contribution in [0.2, 0.25) is 0 Å². The van der Waals surface area contributed by atoms with Crippen LogP contribution in [0.1, 0.15) is 12.0 Å². The summed E-state index contributed by atoms with van der Waals surface area (Å²) in [6.07, 6.45) is 1.13. The molecule has 0 amide bonds. The van der Waals surface area contributed by atoms with Gasteiger partial charge in [0.05, 0.1) is 16.7 Å². The van der Waals surface area contributed by atoms with Crippen molar-refractivity contribution >= 4 is 22.9 Å². The zero-order valence-electron chi connectivity index (χ0n) is 7.89. The number of rotatable bonds is 0. The van der Waals surface area contributed by atoms with E-state index >= 15 is 0 Å². The highest BCUT2D eigenvalue weighted by molar-refractivity contribution is 7.80. The molecule has 1 aliphatic rings. The quantitative estimate of drug-likeness (QED) is 0.667. The molecule has 5 heteroatoms. The fraction of sp³-hybridized carbons (Fsp3) is 0.300. The number of thiocarbonyl (C=S) groups is 1. The molecular weight excluding hydrogens is 218 g/mol. The first kappa shape index (κ1) is 10.4. The Bertz CT molecular complexity index is 420. The van der Waals surface area contributed by atoms with Crippen LogP contribution >= 0.6 is 12.2 Å². The van der Waals surface area contributed by atoms with Gasteiger partial charge in [-0.1, -0.05) is 12.2 Å². The lowest BCUT2D eigenvalue weighted by molar-refractivity contribution is 0.582. The number of nitrogens with two attached hydrogens (primary N) is 1. The lowest BCUT2D eigenvalue weighted by Crippen LogP contribution is -2.32. The van der Waals surface area contributed by atoms with E-state index in [1.807, 2.05) is 0 Å². The van der Waals surface area contributed by atoms with Crippen molar-refractivity contribution < 1.29 is 8.78 Å². The first-order chi connectivity index (χ1) is 7.08. The summed E-state index contributed by atoms with van der Waals surface area (Å²) in [6, 6.07) is 1.85. The molecular formula is C10H10F2N2S. The molecule has 0 unspecified atom stereocenters. The fourth-order valence-electron chi connectivity index (χ4n) is 1.62. The van der Waals surface area contributed by atoms with Gasteiger partial charge in [-0.2, -0.15) is 0 Å². The van der Waals surface area contributed by atoms with E-state index < -0.39 is 11.6 Å². The van der Waals surface area contributed by atoms with E-state index in [9.17, 15) is 8.78 Å². The molecule has 1 aliphatic heterocycles. The molecule has 0 aromatic heterocycles. The molecule has 0 fully saturated rings. The van der Waals surface area contributed by atoms with Crippen molar-refractivity contribution in [1.82, 2.24) is 0 Å². The highest BCUT2D eigenvalue weighted by Gasteiger charge is 2.20. The molecule has 1 heterocycles. The molecule has 1 aromatic rings. The molecule has 0 spiro atoms. The minimum absolute atomic E-state index is 0.259. The van der Waals surface area contributed by atoms with Crippen molar-refractivity contribution in [2.24, 2.45) is 5.73 Å². The number of anilines is 1. The van der Waals surface area contributed by atoms with Gasteiger partial charge in [0.15, 0.2) is 0 Å². The van der Waals surface area contributed by atoms with Crippen LogP contribution in [0.5, 0.6) is 0 Å². The van der Waals surface area contributed by atoms with Gasteiger partial charge in [0.25, 0.3) is 0 Å². The topological polar surface area (TPSA) is 38.0 Å². The molecule has 1 aromatic carbocycles. The Labute approximate surface area is 91.5 Å². The van der Waals surface area contributed by atoms with Gasteiger partial charge in [-0.05, 0) is 24.5 Å². The second-order valence-electron chi connectivity index (χ2n) is 3.56. The number of hydrogen-bond donors (Lipinski definition) is 2. The molecule has 0 bridgehead atoms. The van der Waals surface area contributed by atoms with Crippen molar-refractivity contribution in [2.45, 2.75) is 18.9 Å². The molecule has 0 aliphatic carbocycles. The Morgan fingerprint density at radius 2 is 2.13 bits per heavy atom. The zero-order chi connectivity index (χ0) is 11.0. The fourth-order valence-corrected chi connectivity index (χ4v) is 1.84. The van der Waals surface area contributed by atoms with E-state index in [1.165, 1.54) is 6.07 Å². The number of fused-ring (bicyclic) bond motifs is 1. The lowest BCUT2D eigenvalue weighted by atomic mass is 10.1. The summed E-state index contributed by atoms with van der Waals surface area (Å²) in [5, 5.41) is 2.73. The Morgan fingerprint density at radius 1 is 1.40 bits per heavy atom. The Morgan fingerprint density at radius 3 is 2.87 bits per heavy atom. The summed E-state index contributed by atoms with van der Waals surface area (Å²) in [7, 11) is 0. The molecule has 0 radical (unpaired) electrons. The molecule has 15 heavy (non-hydrogen) atoms. The van der Waals surface area contributed by atoms with Gasteiger partial charge in [0.2, 0.25) is 0 Å².